The molecule has 0 aliphatic heterocycles. The van der Waals surface area contributed by atoms with Gasteiger partial charge >= 0.3 is 5.97 Å². The van der Waals surface area contributed by atoms with Gasteiger partial charge in [-0.1, -0.05) is 30.3 Å². The van der Waals surface area contributed by atoms with Crippen LogP contribution < -0.4 is 16.6 Å². The molecule has 1 aromatic heterocycles. The van der Waals surface area contributed by atoms with Crippen LogP contribution in [-0.2, 0) is 11.2 Å². The van der Waals surface area contributed by atoms with Crippen LogP contribution in [0.25, 0.3) is 11.1 Å². The van der Waals surface area contributed by atoms with Crippen LogP contribution in [-0.4, -0.2) is 33.8 Å². The monoisotopic (exact) mass is 432 g/mol. The van der Waals surface area contributed by atoms with Crippen molar-refractivity contribution in [1.29, 1.82) is 5.41 Å². The molecule has 0 saturated carbocycles. The van der Waals surface area contributed by atoms with Gasteiger partial charge in [0.25, 0.3) is 5.91 Å². The molecule has 0 bridgehead atoms. The lowest BCUT2D eigenvalue weighted by molar-refractivity contribution is -0.142. The first-order valence-corrected chi connectivity index (χ1v) is 10.0. The van der Waals surface area contributed by atoms with E-state index in [9.17, 15) is 19.5 Å². The SMILES string of the molecule is C[C@@H](NC(=O)c1ccc(-c2cc[nH]c(=O)c2)cc1)[C@@H](Cc1cccc(C(=N)N)c1)C(=O)O. The smallest absolute Gasteiger partial charge is 0.308 e. The quantitative estimate of drug-likeness (QED) is 0.274. The number of carbonyl (C=O) groups excluding carboxylic acids is 1. The first kappa shape index (κ1) is 22.5. The van der Waals surface area contributed by atoms with E-state index in [-0.39, 0.29) is 17.8 Å². The maximum Gasteiger partial charge on any atom is 0.308 e. The Morgan fingerprint density at radius 2 is 1.78 bits per heavy atom. The Balaban J connectivity index is 1.71. The third kappa shape index (κ3) is 5.48. The number of H-pyrrole nitrogens is 1. The molecule has 3 rings (SSSR count). The number of amides is 1. The van der Waals surface area contributed by atoms with E-state index in [1.807, 2.05) is 0 Å². The summed E-state index contributed by atoms with van der Waals surface area (Å²) in [5.74, 6) is -2.38. The fourth-order valence-corrected chi connectivity index (χ4v) is 3.43. The summed E-state index contributed by atoms with van der Waals surface area (Å²) >= 11 is 0. The number of pyridine rings is 1. The van der Waals surface area contributed by atoms with E-state index in [0.29, 0.717) is 16.7 Å². The van der Waals surface area contributed by atoms with Gasteiger partial charge in [-0.25, -0.2) is 0 Å². The molecular weight excluding hydrogens is 408 g/mol. The Morgan fingerprint density at radius 1 is 1.06 bits per heavy atom. The molecule has 8 heteroatoms. The zero-order chi connectivity index (χ0) is 23.3. The molecule has 8 nitrogen and oxygen atoms in total. The van der Waals surface area contributed by atoms with Crippen molar-refractivity contribution in [2.45, 2.75) is 19.4 Å². The first-order valence-electron chi connectivity index (χ1n) is 10.0. The van der Waals surface area contributed by atoms with Crippen molar-refractivity contribution in [2.24, 2.45) is 11.7 Å². The van der Waals surface area contributed by atoms with E-state index in [1.165, 1.54) is 6.07 Å². The highest BCUT2D eigenvalue weighted by atomic mass is 16.4. The van der Waals surface area contributed by atoms with Crippen LogP contribution in [0.2, 0.25) is 0 Å². The van der Waals surface area contributed by atoms with Crippen molar-refractivity contribution < 1.29 is 14.7 Å². The number of hydrogen-bond acceptors (Lipinski definition) is 4. The Bertz CT molecular complexity index is 1200. The van der Waals surface area contributed by atoms with Gasteiger partial charge in [0.05, 0.1) is 5.92 Å². The Labute approximate surface area is 184 Å². The normalized spacial score (nSPS) is 12.5. The summed E-state index contributed by atoms with van der Waals surface area (Å²) in [6.07, 6.45) is 1.73. The lowest BCUT2D eigenvalue weighted by Crippen LogP contribution is -2.42. The number of nitrogen functional groups attached to an aromatic ring is 1. The molecule has 32 heavy (non-hydrogen) atoms. The number of carboxylic acids is 1. The predicted octanol–water partition coefficient (Wildman–Crippen LogP) is 2.39. The Hall–Kier alpha value is -4.20. The van der Waals surface area contributed by atoms with Gasteiger partial charge < -0.3 is 21.1 Å². The predicted molar refractivity (Wildman–Crippen MR) is 122 cm³/mol. The molecule has 1 heterocycles. The molecule has 0 unspecified atom stereocenters. The van der Waals surface area contributed by atoms with Crippen LogP contribution in [0.1, 0.15) is 28.4 Å². The average molecular weight is 432 g/mol. The summed E-state index contributed by atoms with van der Waals surface area (Å²) < 4.78 is 0. The lowest BCUT2D eigenvalue weighted by Gasteiger charge is -2.22. The summed E-state index contributed by atoms with van der Waals surface area (Å²) in [5.41, 5.74) is 8.43. The number of amidine groups is 1. The van der Waals surface area contributed by atoms with Crippen LogP contribution in [0, 0.1) is 11.3 Å². The number of rotatable bonds is 8. The average Bonchev–Trinajstić information content (AvgIpc) is 2.77. The number of hydrogen-bond donors (Lipinski definition) is 5. The highest BCUT2D eigenvalue weighted by Gasteiger charge is 2.27. The Morgan fingerprint density at radius 3 is 2.41 bits per heavy atom. The number of benzene rings is 2. The van der Waals surface area contributed by atoms with Gasteiger partial charge in [-0.15, -0.1) is 0 Å². The minimum Gasteiger partial charge on any atom is -0.481 e. The molecular formula is C24H24N4O4. The van der Waals surface area contributed by atoms with Crippen LogP contribution in [0.3, 0.4) is 0 Å². The number of nitrogens with one attached hydrogen (secondary N) is 3. The van der Waals surface area contributed by atoms with Gasteiger partial charge in [0.2, 0.25) is 5.56 Å². The molecule has 2 atom stereocenters. The largest absolute Gasteiger partial charge is 0.481 e. The minimum atomic E-state index is -1.03. The minimum absolute atomic E-state index is 0.0939. The molecule has 3 aromatic rings. The zero-order valence-electron chi connectivity index (χ0n) is 17.5. The third-order valence-electron chi connectivity index (χ3n) is 5.23. The van der Waals surface area contributed by atoms with E-state index in [1.54, 1.807) is 67.7 Å². The highest BCUT2D eigenvalue weighted by Crippen LogP contribution is 2.19. The van der Waals surface area contributed by atoms with Crippen molar-refractivity contribution in [3.63, 3.8) is 0 Å². The highest BCUT2D eigenvalue weighted by molar-refractivity contribution is 5.95. The molecule has 2 aromatic carbocycles. The number of carboxylic acid groups (broad SMARTS) is 1. The van der Waals surface area contributed by atoms with E-state index in [2.05, 4.69) is 10.3 Å². The molecule has 0 aliphatic carbocycles. The van der Waals surface area contributed by atoms with Gasteiger partial charge in [-0.05, 0) is 54.3 Å². The molecule has 6 N–H and O–H groups in total. The van der Waals surface area contributed by atoms with Crippen molar-refractivity contribution in [3.8, 4) is 11.1 Å². The second kappa shape index (κ2) is 9.74. The van der Waals surface area contributed by atoms with Crippen molar-refractivity contribution in [2.75, 3.05) is 0 Å². The van der Waals surface area contributed by atoms with Gasteiger partial charge in [-0.2, -0.15) is 0 Å². The van der Waals surface area contributed by atoms with E-state index >= 15 is 0 Å². The number of carbonyl (C=O) groups is 2. The fraction of sp³-hybridized carbons (Fsp3) is 0.167. The summed E-state index contributed by atoms with van der Waals surface area (Å²) in [6, 6.07) is 16.2. The van der Waals surface area contributed by atoms with Gasteiger partial charge in [0, 0.05) is 29.4 Å². The number of aromatic nitrogens is 1. The zero-order valence-corrected chi connectivity index (χ0v) is 17.5. The van der Waals surface area contributed by atoms with Crippen molar-refractivity contribution in [3.05, 3.63) is 93.9 Å². The van der Waals surface area contributed by atoms with Gasteiger partial charge in [0.1, 0.15) is 5.84 Å². The molecule has 0 spiro atoms. The van der Waals surface area contributed by atoms with Crippen molar-refractivity contribution >= 4 is 17.7 Å². The molecule has 0 fully saturated rings. The van der Waals surface area contributed by atoms with Crippen LogP contribution >= 0.6 is 0 Å². The topological polar surface area (TPSA) is 149 Å². The fourth-order valence-electron chi connectivity index (χ4n) is 3.43. The second-order valence-corrected chi connectivity index (χ2v) is 7.54. The molecule has 1 amide bonds. The number of aromatic amines is 1. The number of nitrogens with two attached hydrogens (primary N) is 1. The standard InChI is InChI=1S/C24H24N4O4/c1-14(20(24(31)32)12-15-3-2-4-19(11-15)22(25)26)28-23(30)17-7-5-16(6-8-17)18-9-10-27-21(29)13-18/h2-11,13-14,20H,12H2,1H3,(H3,25,26)(H,27,29)(H,28,30)(H,31,32)/t14-,20-/m1/s1. The summed E-state index contributed by atoms with van der Waals surface area (Å²) in [5, 5.41) is 20.0. The van der Waals surface area contributed by atoms with Crippen LogP contribution in [0.15, 0.2) is 71.7 Å². The van der Waals surface area contributed by atoms with E-state index in [0.717, 1.165) is 11.1 Å². The molecule has 0 aliphatic rings. The van der Waals surface area contributed by atoms with E-state index < -0.39 is 23.8 Å². The van der Waals surface area contributed by atoms with Crippen molar-refractivity contribution in [1.82, 2.24) is 10.3 Å². The Kier molecular flexibility index (Phi) is 6.84. The maximum atomic E-state index is 12.7. The van der Waals surface area contributed by atoms with Gasteiger partial charge in [0.15, 0.2) is 0 Å². The maximum absolute atomic E-state index is 12.7. The summed E-state index contributed by atoms with van der Waals surface area (Å²) in [7, 11) is 0. The molecule has 0 radical (unpaired) electrons. The van der Waals surface area contributed by atoms with E-state index in [4.69, 9.17) is 11.1 Å². The van der Waals surface area contributed by atoms with Crippen LogP contribution in [0.4, 0.5) is 0 Å². The summed E-state index contributed by atoms with van der Waals surface area (Å²) in [6.45, 7) is 1.65. The molecule has 0 saturated heterocycles. The third-order valence-corrected chi connectivity index (χ3v) is 5.23. The van der Waals surface area contributed by atoms with Gasteiger partial charge in [-0.3, -0.25) is 19.8 Å². The lowest BCUT2D eigenvalue weighted by atomic mass is 9.92. The second-order valence-electron chi connectivity index (χ2n) is 7.54. The summed E-state index contributed by atoms with van der Waals surface area (Å²) in [4.78, 5) is 38.6. The number of aliphatic carboxylic acids is 1. The first-order chi connectivity index (χ1) is 15.2. The van der Waals surface area contributed by atoms with Crippen LogP contribution in [0.5, 0.6) is 0 Å². The molecule has 164 valence electrons.